The van der Waals surface area contributed by atoms with Crippen molar-refractivity contribution in [2.45, 2.75) is 13.7 Å². The Morgan fingerprint density at radius 2 is 2.75 bits per heavy atom. The molecule has 0 aliphatic rings. The molecule has 0 nitrogen and oxygen atoms in total. The molecule has 0 saturated heterocycles. The molecule has 0 aromatic heterocycles. The van der Waals surface area contributed by atoms with Gasteiger partial charge in [0.15, 0.2) is 0 Å². The van der Waals surface area contributed by atoms with E-state index in [0.29, 0.717) is 0 Å². The Hall–Kier alpha value is -0.260. The monoisotopic (exact) mass is 61.1 g/mol. The first-order valence-corrected chi connectivity index (χ1v) is 0.955. The minimum atomic E-state index is -2.14. The fraction of sp³-hybridized carbons (Fsp3) is 0.500. The molecule has 0 heteroatoms. The Bertz CT molecular complexity index is 100. The van der Waals surface area contributed by atoms with Crippen molar-refractivity contribution >= 4 is 0 Å². The molecule has 0 N–H and O–H groups in total. The molecule has 0 aromatic carbocycles. The maximum Gasteiger partial charge on any atom is 0.0273 e. The van der Waals surface area contributed by atoms with Crippen molar-refractivity contribution in [3.63, 3.8) is 0 Å². The summed E-state index contributed by atoms with van der Waals surface area (Å²) in [7, 11) is 0. The maximum absolute atomic E-state index is 6.60. The van der Waals surface area contributed by atoms with Crippen molar-refractivity contribution in [3.05, 3.63) is 12.2 Å². The van der Waals surface area contributed by atoms with E-state index < -0.39 is 13.7 Å². The molecule has 0 radical (unpaired) electrons. The number of hydrogen-bond acceptors (Lipinski definition) is 0. The summed E-state index contributed by atoms with van der Waals surface area (Å²) < 4.78 is 33.0. The van der Waals surface area contributed by atoms with Crippen molar-refractivity contribution in [2.24, 2.45) is 0 Å². The fourth-order valence-electron chi connectivity index (χ4n) is 0. The van der Waals surface area contributed by atoms with Gasteiger partial charge in [-0.1, -0.05) is 12.2 Å². The van der Waals surface area contributed by atoms with Crippen LogP contribution in [-0.2, 0) is 0 Å². The van der Waals surface area contributed by atoms with Gasteiger partial charge in [-0.05, 0) is 13.7 Å². The van der Waals surface area contributed by atoms with Crippen LogP contribution in [0.25, 0.3) is 0 Å². The molecule has 0 atom stereocenters. The van der Waals surface area contributed by atoms with Crippen LogP contribution in [0.5, 0.6) is 0 Å². The predicted molar refractivity (Wildman–Crippen MR) is 20.5 cm³/mol. The van der Waals surface area contributed by atoms with Gasteiger partial charge >= 0.3 is 0 Å². The van der Waals surface area contributed by atoms with E-state index >= 15 is 0 Å². The molecule has 0 amide bonds. The predicted octanol–water partition coefficient (Wildman–Crippen LogP) is 1.58. The molecule has 0 aromatic rings. The molecule has 0 rings (SSSR count). The van der Waals surface area contributed by atoms with E-state index in [1.54, 1.807) is 0 Å². The zero-order chi connectivity index (χ0) is 7.49. The van der Waals surface area contributed by atoms with Gasteiger partial charge in [0.05, 0.1) is 0 Å². The molecule has 0 aliphatic carbocycles. The molecule has 0 aliphatic heterocycles. The summed E-state index contributed by atoms with van der Waals surface area (Å²) in [4.78, 5) is 0. The van der Waals surface area contributed by atoms with E-state index in [0.717, 1.165) is 12.2 Å². The second-order valence-corrected chi connectivity index (χ2v) is 0.359. The lowest BCUT2D eigenvalue weighted by atomic mass is 10.6. The normalized spacial score (nSPS) is 31.8. The summed E-state index contributed by atoms with van der Waals surface area (Å²) in [6.07, 6.45) is 1.91. The number of allylic oxidation sites excluding steroid dienone is 2. The van der Waals surface area contributed by atoms with E-state index in [-0.39, 0.29) is 0 Å². The molecule has 0 heterocycles. The van der Waals surface area contributed by atoms with Crippen molar-refractivity contribution in [1.29, 1.82) is 0 Å². The quantitative estimate of drug-likeness (QED) is 0.373. The third-order valence-electron chi connectivity index (χ3n) is 0.0962. The first kappa shape index (κ1) is 0.469. The Balaban J connectivity index is 3.71. The first-order valence-electron chi connectivity index (χ1n) is 3.61. The van der Waals surface area contributed by atoms with Gasteiger partial charge < -0.3 is 0 Å². The third-order valence-corrected chi connectivity index (χ3v) is 0.0962. The van der Waals surface area contributed by atoms with Crippen LogP contribution in [0.4, 0.5) is 0 Å². The van der Waals surface area contributed by atoms with Crippen LogP contribution in [0, 0.1) is 0 Å². The number of rotatable bonds is 0. The molecular formula is C4H8. The largest absolute Gasteiger partial charge is 0.0919 e. The summed E-state index contributed by atoms with van der Waals surface area (Å²) in [6, 6.07) is 0. The Morgan fingerprint density at radius 3 is 3.00 bits per heavy atom. The first-order chi connectivity index (χ1) is 3.92. The second kappa shape index (κ2) is 2.74. The Labute approximate surface area is 34.2 Å². The lowest BCUT2D eigenvalue weighted by molar-refractivity contribution is 1.64. The van der Waals surface area contributed by atoms with Crippen LogP contribution in [-0.4, -0.2) is 0 Å². The summed E-state index contributed by atoms with van der Waals surface area (Å²) in [5.74, 6) is 0. The van der Waals surface area contributed by atoms with Gasteiger partial charge in [0.1, 0.15) is 0 Å². The lowest BCUT2D eigenvalue weighted by Crippen LogP contribution is -1.26. The van der Waals surface area contributed by atoms with E-state index in [9.17, 15) is 0 Å². The van der Waals surface area contributed by atoms with Gasteiger partial charge in [0.25, 0.3) is 0 Å². The zero-order valence-corrected chi connectivity index (χ0v) is 2.23. The van der Waals surface area contributed by atoms with Gasteiger partial charge in [-0.25, -0.2) is 0 Å². The topological polar surface area (TPSA) is 0 Å². The minimum absolute atomic E-state index is 0.887. The summed E-state index contributed by atoms with van der Waals surface area (Å²) in [5, 5.41) is 0. The smallest absolute Gasteiger partial charge is 0.0273 e. The fourth-order valence-corrected chi connectivity index (χ4v) is 0. The second-order valence-electron chi connectivity index (χ2n) is 0.359. The summed E-state index contributed by atoms with van der Waals surface area (Å²) in [5.41, 5.74) is 0. The molecule has 0 saturated carbocycles. The summed E-state index contributed by atoms with van der Waals surface area (Å²) >= 11 is 0. The van der Waals surface area contributed by atoms with Crippen LogP contribution in [0.15, 0.2) is 12.2 Å². The SMILES string of the molecule is [2H]C([2H])/C=C/C([2H])([2H])[2H]. The standard InChI is InChI=1S/C4H8/c1-3-4-2/h3-4H,1-2H3/b4-3+/i1D2,2D3. The third kappa shape index (κ3) is 1.74. The van der Waals surface area contributed by atoms with Crippen molar-refractivity contribution < 1.29 is 6.85 Å². The highest BCUT2D eigenvalue weighted by atomic mass is 13.4. The molecular weight excluding hydrogens is 48.0 g/mol. The summed E-state index contributed by atoms with van der Waals surface area (Å²) in [6.45, 7) is -3.31. The minimum Gasteiger partial charge on any atom is -0.0919 e. The maximum atomic E-state index is 6.60. The average molecular weight is 61.1 g/mol. The van der Waals surface area contributed by atoms with E-state index in [1.807, 2.05) is 0 Å². The van der Waals surface area contributed by atoms with E-state index in [1.165, 1.54) is 0 Å². The Kier molecular flexibility index (Phi) is 0.321. The van der Waals surface area contributed by atoms with Gasteiger partial charge in [0.2, 0.25) is 0 Å². The molecule has 0 unspecified atom stereocenters. The van der Waals surface area contributed by atoms with Crippen LogP contribution >= 0.6 is 0 Å². The van der Waals surface area contributed by atoms with Gasteiger partial charge in [-0.15, -0.1) is 0 Å². The molecule has 24 valence electrons. The van der Waals surface area contributed by atoms with Gasteiger partial charge in [0, 0.05) is 6.85 Å². The van der Waals surface area contributed by atoms with E-state index in [4.69, 9.17) is 6.85 Å². The van der Waals surface area contributed by atoms with Crippen LogP contribution < -0.4 is 0 Å². The number of hydrogen-bond donors (Lipinski definition) is 0. The van der Waals surface area contributed by atoms with Crippen LogP contribution in [0.1, 0.15) is 20.6 Å². The Morgan fingerprint density at radius 1 is 1.75 bits per heavy atom. The highest BCUT2D eigenvalue weighted by Gasteiger charge is 1.34. The lowest BCUT2D eigenvalue weighted by Gasteiger charge is -1.49. The zero-order valence-electron chi connectivity index (χ0n) is 7.23. The highest BCUT2D eigenvalue weighted by Crippen LogP contribution is 1.57. The van der Waals surface area contributed by atoms with E-state index in [2.05, 4.69) is 0 Å². The molecule has 0 fully saturated rings. The van der Waals surface area contributed by atoms with Crippen molar-refractivity contribution in [3.8, 4) is 0 Å². The van der Waals surface area contributed by atoms with Gasteiger partial charge in [-0.3, -0.25) is 0 Å². The molecule has 0 bridgehead atoms. The van der Waals surface area contributed by atoms with Crippen molar-refractivity contribution in [1.82, 2.24) is 0 Å². The average Bonchev–Trinajstić information content (AvgIpc) is 1.59. The van der Waals surface area contributed by atoms with Crippen molar-refractivity contribution in [2.75, 3.05) is 0 Å². The molecule has 4 heavy (non-hydrogen) atoms. The highest BCUT2D eigenvalue weighted by molar-refractivity contribution is 4.68. The van der Waals surface area contributed by atoms with Crippen LogP contribution in [0.2, 0.25) is 0 Å². The van der Waals surface area contributed by atoms with Crippen LogP contribution in [0.3, 0.4) is 0 Å². The molecule has 0 spiro atoms. The van der Waals surface area contributed by atoms with Gasteiger partial charge in [-0.2, -0.15) is 0 Å².